The van der Waals surface area contributed by atoms with Gasteiger partial charge in [-0.2, -0.15) is 0 Å². The summed E-state index contributed by atoms with van der Waals surface area (Å²) in [5, 5.41) is 2.62. The van der Waals surface area contributed by atoms with Gasteiger partial charge >= 0.3 is 0 Å². The smallest absolute Gasteiger partial charge is 0.242 e. The summed E-state index contributed by atoms with van der Waals surface area (Å²) in [6.45, 7) is 4.60. The van der Waals surface area contributed by atoms with Gasteiger partial charge in [0.15, 0.2) is 0 Å². The van der Waals surface area contributed by atoms with E-state index in [4.69, 9.17) is 4.74 Å². The van der Waals surface area contributed by atoms with Crippen LogP contribution in [0.4, 0.5) is 0 Å². The summed E-state index contributed by atoms with van der Waals surface area (Å²) in [6, 6.07) is 15.0. The van der Waals surface area contributed by atoms with Gasteiger partial charge in [0.25, 0.3) is 0 Å². The maximum atomic E-state index is 12.8. The number of carbonyl (C=O) groups excluding carboxylic acids is 2. The Morgan fingerprint density at radius 3 is 2.54 bits per heavy atom. The Balaban J connectivity index is 1.95. The first-order valence-corrected chi connectivity index (χ1v) is 10.1. The molecular weight excluding hydrogens is 420 g/mol. The van der Waals surface area contributed by atoms with E-state index < -0.39 is 6.04 Å². The van der Waals surface area contributed by atoms with Gasteiger partial charge in [0.1, 0.15) is 11.8 Å². The molecule has 2 aromatic rings. The summed E-state index contributed by atoms with van der Waals surface area (Å²) in [4.78, 5) is 26.6. The second kappa shape index (κ2) is 10.9. The Hall–Kier alpha value is -2.34. The highest BCUT2D eigenvalue weighted by Gasteiger charge is 2.25. The highest BCUT2D eigenvalue weighted by Crippen LogP contribution is 2.17. The first kappa shape index (κ1) is 22.0. The van der Waals surface area contributed by atoms with Gasteiger partial charge in [0.05, 0.1) is 6.61 Å². The normalized spacial score (nSPS) is 11.6. The predicted octanol–water partition coefficient (Wildman–Crippen LogP) is 4.08. The van der Waals surface area contributed by atoms with Crippen LogP contribution < -0.4 is 10.1 Å². The number of aryl methyl sites for hydroxylation is 1. The Bertz CT molecular complexity index is 793. The summed E-state index contributed by atoms with van der Waals surface area (Å²) in [6.07, 6.45) is 0.906. The van der Waals surface area contributed by atoms with Crippen LogP contribution in [0.25, 0.3) is 0 Å². The summed E-state index contributed by atoms with van der Waals surface area (Å²) in [5.74, 6) is 0.547. The van der Waals surface area contributed by atoms with Gasteiger partial charge < -0.3 is 15.0 Å². The van der Waals surface area contributed by atoms with E-state index >= 15 is 0 Å². The van der Waals surface area contributed by atoms with E-state index in [1.54, 1.807) is 18.9 Å². The third-order valence-electron chi connectivity index (χ3n) is 4.48. The number of likely N-dealkylation sites (N-methyl/N-ethyl adjacent to an activating group) is 1. The van der Waals surface area contributed by atoms with Gasteiger partial charge in [-0.3, -0.25) is 9.59 Å². The molecule has 2 rings (SSSR count). The molecule has 0 saturated heterocycles. The van der Waals surface area contributed by atoms with Crippen molar-refractivity contribution in [2.75, 3.05) is 13.7 Å². The van der Waals surface area contributed by atoms with Crippen molar-refractivity contribution >= 4 is 27.7 Å². The maximum absolute atomic E-state index is 12.8. The minimum Gasteiger partial charge on any atom is -0.494 e. The molecular formula is C22H27BrN2O3. The molecule has 2 aromatic carbocycles. The molecule has 0 saturated carbocycles. The molecule has 150 valence electrons. The molecule has 28 heavy (non-hydrogen) atoms. The minimum absolute atomic E-state index is 0.0661. The Morgan fingerprint density at radius 2 is 1.89 bits per heavy atom. The van der Waals surface area contributed by atoms with E-state index in [-0.39, 0.29) is 11.8 Å². The van der Waals surface area contributed by atoms with Crippen LogP contribution >= 0.6 is 15.9 Å². The zero-order valence-corrected chi connectivity index (χ0v) is 18.2. The topological polar surface area (TPSA) is 58.6 Å². The Labute approximate surface area is 175 Å². The van der Waals surface area contributed by atoms with Crippen molar-refractivity contribution in [1.82, 2.24) is 10.2 Å². The third kappa shape index (κ3) is 6.68. The van der Waals surface area contributed by atoms with Crippen molar-refractivity contribution in [3.8, 4) is 5.75 Å². The van der Waals surface area contributed by atoms with Crippen molar-refractivity contribution in [2.24, 2.45) is 0 Å². The van der Waals surface area contributed by atoms with Crippen LogP contribution in [0, 0.1) is 6.92 Å². The number of benzene rings is 2. The zero-order valence-electron chi connectivity index (χ0n) is 16.6. The van der Waals surface area contributed by atoms with Gasteiger partial charge in [0.2, 0.25) is 11.8 Å². The van der Waals surface area contributed by atoms with Gasteiger partial charge in [0, 0.05) is 24.5 Å². The fraction of sp³-hybridized carbons (Fsp3) is 0.364. The molecule has 0 heterocycles. The number of rotatable bonds is 9. The highest BCUT2D eigenvalue weighted by molar-refractivity contribution is 9.10. The number of ether oxygens (including phenoxy) is 1. The van der Waals surface area contributed by atoms with Crippen molar-refractivity contribution in [1.29, 1.82) is 0 Å². The summed E-state index contributed by atoms with van der Waals surface area (Å²) in [5.41, 5.74) is 2.14. The molecule has 0 aliphatic heterocycles. The van der Waals surface area contributed by atoms with Crippen LogP contribution in [0.15, 0.2) is 53.0 Å². The summed E-state index contributed by atoms with van der Waals surface area (Å²) >= 11 is 3.45. The maximum Gasteiger partial charge on any atom is 0.242 e. The Kier molecular flexibility index (Phi) is 8.51. The second-order valence-corrected chi connectivity index (χ2v) is 7.62. The molecule has 0 aliphatic rings. The van der Waals surface area contributed by atoms with Gasteiger partial charge in [-0.15, -0.1) is 0 Å². The number of hydrogen-bond donors (Lipinski definition) is 1. The van der Waals surface area contributed by atoms with Crippen molar-refractivity contribution < 1.29 is 14.3 Å². The first-order valence-electron chi connectivity index (χ1n) is 9.35. The van der Waals surface area contributed by atoms with Crippen LogP contribution in [-0.4, -0.2) is 36.4 Å². The SMILES string of the molecule is CNC(=O)C(C)N(Cc1cccc(Br)c1)C(=O)CCCOc1ccc(C)cc1. The average Bonchev–Trinajstić information content (AvgIpc) is 2.69. The number of nitrogens with one attached hydrogen (secondary N) is 1. The van der Waals surface area contributed by atoms with E-state index in [1.165, 1.54) is 5.56 Å². The number of hydrogen-bond acceptors (Lipinski definition) is 3. The average molecular weight is 447 g/mol. The third-order valence-corrected chi connectivity index (χ3v) is 4.97. The van der Waals surface area contributed by atoms with Crippen molar-refractivity contribution in [3.63, 3.8) is 0 Å². The largest absolute Gasteiger partial charge is 0.494 e. The molecule has 0 bridgehead atoms. The molecule has 6 heteroatoms. The van der Waals surface area contributed by atoms with E-state index in [1.807, 2.05) is 55.5 Å². The fourth-order valence-electron chi connectivity index (χ4n) is 2.82. The lowest BCUT2D eigenvalue weighted by molar-refractivity contribution is -0.140. The molecule has 0 radical (unpaired) electrons. The van der Waals surface area contributed by atoms with E-state index in [0.717, 1.165) is 15.8 Å². The standard InChI is InChI=1S/C22H27BrN2O3/c1-16-9-11-20(12-10-16)28-13-5-8-21(26)25(17(2)22(27)24-3)15-18-6-4-7-19(23)14-18/h4,6-7,9-12,14,17H,5,8,13,15H2,1-3H3,(H,24,27). The molecule has 0 fully saturated rings. The lowest BCUT2D eigenvalue weighted by Gasteiger charge is -2.28. The number of halogens is 1. The molecule has 0 spiro atoms. The van der Waals surface area contributed by atoms with Crippen molar-refractivity contribution in [2.45, 2.75) is 39.3 Å². The zero-order chi connectivity index (χ0) is 20.5. The van der Waals surface area contributed by atoms with Crippen molar-refractivity contribution in [3.05, 3.63) is 64.1 Å². The van der Waals surface area contributed by atoms with Gasteiger partial charge in [-0.1, -0.05) is 45.8 Å². The number of carbonyl (C=O) groups is 2. The van der Waals surface area contributed by atoms with Crippen LogP contribution in [0.5, 0.6) is 5.75 Å². The van der Waals surface area contributed by atoms with Gasteiger partial charge in [-0.25, -0.2) is 0 Å². The fourth-order valence-corrected chi connectivity index (χ4v) is 3.26. The second-order valence-electron chi connectivity index (χ2n) is 6.71. The highest BCUT2D eigenvalue weighted by atomic mass is 79.9. The molecule has 1 atom stereocenters. The van der Waals surface area contributed by atoms with Crippen LogP contribution in [0.3, 0.4) is 0 Å². The lowest BCUT2D eigenvalue weighted by Crippen LogP contribution is -2.46. The lowest BCUT2D eigenvalue weighted by atomic mass is 10.1. The monoisotopic (exact) mass is 446 g/mol. The van der Waals surface area contributed by atoms with Gasteiger partial charge in [-0.05, 0) is 50.1 Å². The molecule has 0 aromatic heterocycles. The molecule has 5 nitrogen and oxygen atoms in total. The molecule has 1 N–H and O–H groups in total. The van der Waals surface area contributed by atoms with E-state index in [0.29, 0.717) is 26.0 Å². The summed E-state index contributed by atoms with van der Waals surface area (Å²) in [7, 11) is 1.58. The molecule has 1 unspecified atom stereocenters. The number of amides is 2. The first-order chi connectivity index (χ1) is 13.4. The molecule has 0 aliphatic carbocycles. The van der Waals surface area contributed by atoms with E-state index in [2.05, 4.69) is 21.2 Å². The van der Waals surface area contributed by atoms with E-state index in [9.17, 15) is 9.59 Å². The quantitative estimate of drug-likeness (QED) is 0.590. The van der Waals surface area contributed by atoms with Crippen LogP contribution in [-0.2, 0) is 16.1 Å². The Morgan fingerprint density at radius 1 is 1.18 bits per heavy atom. The summed E-state index contributed by atoms with van der Waals surface area (Å²) < 4.78 is 6.64. The minimum atomic E-state index is -0.547. The molecule has 2 amide bonds. The number of nitrogens with zero attached hydrogens (tertiary/aromatic N) is 1. The predicted molar refractivity (Wildman–Crippen MR) is 114 cm³/mol. The van der Waals surface area contributed by atoms with Crippen LogP contribution in [0.1, 0.15) is 30.9 Å². The van der Waals surface area contributed by atoms with Crippen LogP contribution in [0.2, 0.25) is 0 Å².